The molecule has 1 aromatic heterocycles. The van der Waals surface area contributed by atoms with E-state index in [-0.39, 0.29) is 52.4 Å². The topological polar surface area (TPSA) is 115 Å². The number of fused-ring (bicyclic) bond motifs is 1. The van der Waals surface area contributed by atoms with Crippen LogP contribution in [0.3, 0.4) is 0 Å². The molecule has 12 heteroatoms. The highest BCUT2D eigenvalue weighted by Gasteiger charge is 2.31. The molecule has 1 unspecified atom stereocenters. The third-order valence-electron chi connectivity index (χ3n) is 5.66. The van der Waals surface area contributed by atoms with E-state index in [0.717, 1.165) is 12.8 Å². The Balaban J connectivity index is 0.00000289. The maximum atomic E-state index is 15.8. The quantitative estimate of drug-likeness (QED) is 0.526. The normalized spacial score (nSPS) is 17.8. The number of hydrogen-bond acceptors (Lipinski definition) is 7. The van der Waals surface area contributed by atoms with E-state index in [1.54, 1.807) is 9.47 Å². The molecule has 1 saturated heterocycles. The van der Waals surface area contributed by atoms with Crippen LogP contribution in [0.2, 0.25) is 5.02 Å². The van der Waals surface area contributed by atoms with Gasteiger partial charge in [-0.2, -0.15) is 0 Å². The van der Waals surface area contributed by atoms with Crippen molar-refractivity contribution in [1.82, 2.24) is 9.47 Å². The van der Waals surface area contributed by atoms with E-state index in [9.17, 15) is 14.7 Å². The van der Waals surface area contributed by atoms with Gasteiger partial charge in [-0.1, -0.05) is 11.6 Å². The van der Waals surface area contributed by atoms with Crippen LogP contribution < -0.4 is 15.1 Å². The molecular formula is C20H24Cl2FN3O6. The average Bonchev–Trinajstić information content (AvgIpc) is 3.56. The molecule has 1 aliphatic heterocycles. The third-order valence-corrected chi connectivity index (χ3v) is 5.95. The Labute approximate surface area is 194 Å². The highest BCUT2D eigenvalue weighted by molar-refractivity contribution is 6.34. The van der Waals surface area contributed by atoms with E-state index in [2.05, 4.69) is 4.74 Å². The summed E-state index contributed by atoms with van der Waals surface area (Å²) in [6.45, 7) is 2.00. The van der Waals surface area contributed by atoms with Gasteiger partial charge >= 0.3 is 6.16 Å². The Kier molecular flexibility index (Phi) is 7.51. The molecule has 2 aromatic rings. The number of halogens is 3. The highest BCUT2D eigenvalue weighted by Crippen LogP contribution is 2.41. The molecular weight excluding hydrogens is 468 g/mol. The Hall–Kier alpha value is -2.11. The molecule has 1 aliphatic carbocycles. The molecule has 4 rings (SSSR count). The van der Waals surface area contributed by atoms with Gasteiger partial charge in [0.05, 0.1) is 40.5 Å². The molecule has 0 radical (unpaired) electrons. The van der Waals surface area contributed by atoms with E-state index in [1.165, 1.54) is 12.3 Å². The molecule has 0 bridgehead atoms. The summed E-state index contributed by atoms with van der Waals surface area (Å²) in [6.07, 6.45) is 0.376. The number of aliphatic hydroxyl groups excluding tert-OH is 2. The van der Waals surface area contributed by atoms with Crippen LogP contribution >= 0.6 is 24.0 Å². The second kappa shape index (κ2) is 9.80. The molecule has 32 heavy (non-hydrogen) atoms. The first-order valence-corrected chi connectivity index (χ1v) is 10.4. The van der Waals surface area contributed by atoms with Gasteiger partial charge < -0.3 is 29.5 Å². The summed E-state index contributed by atoms with van der Waals surface area (Å²) < 4.78 is 22.0. The Morgan fingerprint density at radius 1 is 1.28 bits per heavy atom. The second-order valence-corrected chi connectivity index (χ2v) is 8.28. The van der Waals surface area contributed by atoms with Crippen molar-refractivity contribution in [1.29, 1.82) is 0 Å². The van der Waals surface area contributed by atoms with Gasteiger partial charge in [0.1, 0.15) is 0 Å². The monoisotopic (exact) mass is 491 g/mol. The number of ether oxygens (including phenoxy) is 1. The minimum atomic E-state index is -1.62. The van der Waals surface area contributed by atoms with Gasteiger partial charge in [-0.25, -0.2) is 9.18 Å². The third kappa shape index (κ3) is 4.79. The summed E-state index contributed by atoms with van der Waals surface area (Å²) >= 11 is 6.39. The number of rotatable bonds is 6. The zero-order valence-electron chi connectivity index (χ0n) is 17.0. The number of aromatic nitrogens is 1. The lowest BCUT2D eigenvalue weighted by Gasteiger charge is -2.37. The predicted octanol–water partition coefficient (Wildman–Crippen LogP) is 2.08. The van der Waals surface area contributed by atoms with Crippen molar-refractivity contribution in [2.75, 3.05) is 44.2 Å². The standard InChI is InChI=1S/C20H23ClFN3O6.ClH/c21-14-7-13-17(25(11-1-2-11)9-15(19(13)28)31-20(29)30)16(22)18(14)24-5-3-23(4-6-24)8-12(27)10-26;/h7,9,11-12,26-27H,1-6,8,10H2,(H,29,30);1H. The summed E-state index contributed by atoms with van der Waals surface area (Å²) in [7, 11) is 0. The number of carboxylic acid groups (broad SMARTS) is 1. The summed E-state index contributed by atoms with van der Waals surface area (Å²) in [6, 6.07) is 1.33. The van der Waals surface area contributed by atoms with Crippen molar-refractivity contribution in [3.05, 3.63) is 33.3 Å². The molecule has 2 aliphatic rings. The predicted molar refractivity (Wildman–Crippen MR) is 119 cm³/mol. The van der Waals surface area contributed by atoms with Gasteiger partial charge in [0.2, 0.25) is 5.43 Å². The Morgan fingerprint density at radius 2 is 1.94 bits per heavy atom. The van der Waals surface area contributed by atoms with E-state index in [1.807, 2.05) is 4.90 Å². The maximum Gasteiger partial charge on any atom is 0.511 e. The van der Waals surface area contributed by atoms with Gasteiger partial charge in [-0.3, -0.25) is 9.69 Å². The first kappa shape index (κ1) is 24.5. The summed E-state index contributed by atoms with van der Waals surface area (Å²) in [4.78, 5) is 27.5. The number of hydrogen-bond donors (Lipinski definition) is 3. The van der Waals surface area contributed by atoms with Crippen LogP contribution in [0.25, 0.3) is 10.9 Å². The number of nitrogens with zero attached hydrogens (tertiary/aromatic N) is 3. The molecule has 0 amide bonds. The lowest BCUT2D eigenvalue weighted by atomic mass is 10.1. The van der Waals surface area contributed by atoms with Crippen molar-refractivity contribution >= 4 is 46.8 Å². The van der Waals surface area contributed by atoms with E-state index >= 15 is 4.39 Å². The number of benzene rings is 1. The number of carbonyl (C=O) groups is 1. The van der Waals surface area contributed by atoms with Crippen molar-refractivity contribution in [2.24, 2.45) is 0 Å². The molecule has 9 nitrogen and oxygen atoms in total. The van der Waals surface area contributed by atoms with Crippen molar-refractivity contribution in [2.45, 2.75) is 25.0 Å². The maximum absolute atomic E-state index is 15.8. The number of piperazine rings is 1. The fourth-order valence-corrected chi connectivity index (χ4v) is 4.33. The van der Waals surface area contributed by atoms with Crippen molar-refractivity contribution in [3.8, 4) is 5.75 Å². The summed E-state index contributed by atoms with van der Waals surface area (Å²) in [5, 5.41) is 27.6. The van der Waals surface area contributed by atoms with Crippen LogP contribution in [-0.2, 0) is 0 Å². The summed E-state index contributed by atoms with van der Waals surface area (Å²) in [5.74, 6) is -1.01. The van der Waals surface area contributed by atoms with E-state index in [0.29, 0.717) is 32.7 Å². The number of β-amino-alcohol motifs (C(OH)–C–C–N with tert-alkyl or cyclic N) is 1. The highest BCUT2D eigenvalue weighted by atomic mass is 35.5. The smallest absolute Gasteiger partial charge is 0.449 e. The average molecular weight is 492 g/mol. The van der Waals surface area contributed by atoms with E-state index < -0.39 is 23.5 Å². The molecule has 1 saturated carbocycles. The zero-order valence-corrected chi connectivity index (χ0v) is 18.6. The Bertz CT molecular complexity index is 1070. The van der Waals surface area contributed by atoms with Crippen LogP contribution in [0.5, 0.6) is 5.75 Å². The van der Waals surface area contributed by atoms with Crippen LogP contribution in [0.15, 0.2) is 17.1 Å². The van der Waals surface area contributed by atoms with Crippen LogP contribution in [-0.4, -0.2) is 76.4 Å². The molecule has 1 atom stereocenters. The van der Waals surface area contributed by atoms with Crippen LogP contribution in [0, 0.1) is 5.82 Å². The fraction of sp³-hybridized carbons (Fsp3) is 0.500. The molecule has 0 spiro atoms. The minimum Gasteiger partial charge on any atom is -0.449 e. The van der Waals surface area contributed by atoms with Gasteiger partial charge in [-0.05, 0) is 18.9 Å². The van der Waals surface area contributed by atoms with E-state index in [4.69, 9.17) is 21.8 Å². The largest absolute Gasteiger partial charge is 0.511 e. The van der Waals surface area contributed by atoms with Crippen molar-refractivity contribution < 1.29 is 29.2 Å². The molecule has 2 heterocycles. The second-order valence-electron chi connectivity index (χ2n) is 7.87. The molecule has 176 valence electrons. The molecule has 1 aromatic carbocycles. The van der Waals surface area contributed by atoms with Gasteiger partial charge in [-0.15, -0.1) is 12.4 Å². The van der Waals surface area contributed by atoms with Gasteiger partial charge in [0.15, 0.2) is 11.6 Å². The van der Waals surface area contributed by atoms with Crippen molar-refractivity contribution in [3.63, 3.8) is 0 Å². The SMILES string of the molecule is Cl.O=C(O)Oc1cn(C2CC2)c2c(F)c(N3CCN(CC(O)CO)CC3)c(Cl)cc2c1=O. The molecule has 3 N–H and O–H groups in total. The molecule has 2 fully saturated rings. The first-order chi connectivity index (χ1) is 14.8. The number of pyridine rings is 1. The lowest BCUT2D eigenvalue weighted by Crippen LogP contribution is -2.49. The lowest BCUT2D eigenvalue weighted by molar-refractivity contribution is 0.0574. The van der Waals surface area contributed by atoms with Crippen LogP contribution in [0.4, 0.5) is 14.9 Å². The number of anilines is 1. The number of aliphatic hydroxyl groups is 2. The zero-order chi connectivity index (χ0) is 22.3. The first-order valence-electron chi connectivity index (χ1n) is 10.0. The Morgan fingerprint density at radius 3 is 2.50 bits per heavy atom. The van der Waals surface area contributed by atoms with Crippen LogP contribution in [0.1, 0.15) is 18.9 Å². The van der Waals surface area contributed by atoms with Gasteiger partial charge in [0.25, 0.3) is 0 Å². The van der Waals surface area contributed by atoms with Gasteiger partial charge in [0, 0.05) is 38.8 Å². The minimum absolute atomic E-state index is 0. The fourth-order valence-electron chi connectivity index (χ4n) is 4.01. The summed E-state index contributed by atoms with van der Waals surface area (Å²) in [5.41, 5.74) is -0.454.